The summed E-state index contributed by atoms with van der Waals surface area (Å²) in [7, 11) is 0. The van der Waals surface area contributed by atoms with E-state index >= 15 is 0 Å². The number of amides is 1. The van der Waals surface area contributed by atoms with Gasteiger partial charge in [-0.2, -0.15) is 0 Å². The number of thioether (sulfide) groups is 1. The molecule has 0 spiro atoms. The Morgan fingerprint density at radius 1 is 1.54 bits per heavy atom. The third-order valence-electron chi connectivity index (χ3n) is 3.88. The van der Waals surface area contributed by atoms with Gasteiger partial charge in [0.1, 0.15) is 0 Å². The second-order valence-electron chi connectivity index (χ2n) is 5.63. The molecular weight excluding hydrogens is 368 g/mol. The van der Waals surface area contributed by atoms with Crippen molar-refractivity contribution < 1.29 is 4.79 Å². The monoisotopic (exact) mass is 388 g/mol. The molecule has 0 radical (unpaired) electrons. The lowest BCUT2D eigenvalue weighted by Gasteiger charge is -2.09. The number of halogens is 1. The summed E-state index contributed by atoms with van der Waals surface area (Å²) in [4.78, 5) is 28.8. The van der Waals surface area contributed by atoms with Gasteiger partial charge in [-0.1, -0.05) is 0 Å². The topological polar surface area (TPSA) is 75.5 Å². The SMILES string of the molecule is Cl.O=C(CSCc1cc(=O)n2ccsc2n1)NCCC1CCNC1. The average molecular weight is 389 g/mol. The molecule has 3 rings (SSSR count). The predicted molar refractivity (Wildman–Crippen MR) is 101 cm³/mol. The van der Waals surface area contributed by atoms with Crippen LogP contribution in [0.5, 0.6) is 0 Å². The van der Waals surface area contributed by atoms with Crippen LogP contribution in [0.1, 0.15) is 18.5 Å². The number of rotatable bonds is 7. The molecule has 1 amide bonds. The van der Waals surface area contributed by atoms with E-state index in [0.717, 1.165) is 31.7 Å². The standard InChI is InChI=1S/C15H20N4O2S2.ClH/c20-13(17-4-2-11-1-3-16-8-11)10-22-9-12-7-14(21)19-5-6-23-15(19)18-12;/h5-7,11,16H,1-4,8-10H2,(H,17,20);1H. The lowest BCUT2D eigenvalue weighted by Crippen LogP contribution is -2.28. The van der Waals surface area contributed by atoms with E-state index in [1.54, 1.807) is 6.20 Å². The van der Waals surface area contributed by atoms with Crippen molar-refractivity contribution >= 4 is 46.4 Å². The van der Waals surface area contributed by atoms with Crippen LogP contribution in [0.15, 0.2) is 22.4 Å². The van der Waals surface area contributed by atoms with Crippen molar-refractivity contribution in [2.45, 2.75) is 18.6 Å². The number of fused-ring (bicyclic) bond motifs is 1. The van der Waals surface area contributed by atoms with Crippen LogP contribution in [0.2, 0.25) is 0 Å². The Kier molecular flexibility index (Phi) is 7.54. The molecule has 1 unspecified atom stereocenters. The summed E-state index contributed by atoms with van der Waals surface area (Å²) in [5, 5.41) is 8.13. The van der Waals surface area contributed by atoms with Crippen LogP contribution in [0.3, 0.4) is 0 Å². The fraction of sp³-hybridized carbons (Fsp3) is 0.533. The molecule has 1 aliphatic rings. The van der Waals surface area contributed by atoms with E-state index in [9.17, 15) is 9.59 Å². The molecule has 1 aliphatic heterocycles. The molecule has 0 aliphatic carbocycles. The average Bonchev–Trinajstić information content (AvgIpc) is 3.18. The molecule has 1 atom stereocenters. The molecule has 1 fully saturated rings. The molecule has 6 nitrogen and oxygen atoms in total. The summed E-state index contributed by atoms with van der Waals surface area (Å²) >= 11 is 2.92. The van der Waals surface area contributed by atoms with Gasteiger partial charge in [-0.05, 0) is 31.8 Å². The lowest BCUT2D eigenvalue weighted by molar-refractivity contribution is -0.118. The van der Waals surface area contributed by atoms with E-state index in [-0.39, 0.29) is 23.9 Å². The fourth-order valence-electron chi connectivity index (χ4n) is 2.64. The Morgan fingerprint density at radius 2 is 2.42 bits per heavy atom. The van der Waals surface area contributed by atoms with Crippen molar-refractivity contribution in [2.24, 2.45) is 5.92 Å². The van der Waals surface area contributed by atoms with Crippen LogP contribution in [0.25, 0.3) is 4.96 Å². The van der Waals surface area contributed by atoms with E-state index in [0.29, 0.717) is 22.4 Å². The molecule has 1 saturated heterocycles. The molecule has 0 bridgehead atoms. The molecule has 3 heterocycles. The van der Waals surface area contributed by atoms with Gasteiger partial charge in [0, 0.05) is 29.9 Å². The molecule has 9 heteroatoms. The zero-order valence-electron chi connectivity index (χ0n) is 13.2. The summed E-state index contributed by atoms with van der Waals surface area (Å²) in [6.07, 6.45) is 3.97. The van der Waals surface area contributed by atoms with Crippen molar-refractivity contribution in [2.75, 3.05) is 25.4 Å². The molecule has 2 N–H and O–H groups in total. The number of thiazole rings is 1. The number of aromatic nitrogens is 2. The number of nitrogens with one attached hydrogen (secondary N) is 2. The van der Waals surface area contributed by atoms with Gasteiger partial charge in [-0.3, -0.25) is 14.0 Å². The first kappa shape index (κ1) is 19.2. The van der Waals surface area contributed by atoms with E-state index < -0.39 is 0 Å². The third kappa shape index (κ3) is 5.20. The molecule has 0 saturated carbocycles. The van der Waals surface area contributed by atoms with Gasteiger partial charge in [-0.15, -0.1) is 35.5 Å². The van der Waals surface area contributed by atoms with E-state index in [1.165, 1.54) is 40.0 Å². The highest BCUT2D eigenvalue weighted by molar-refractivity contribution is 7.99. The normalized spacial score (nSPS) is 16.9. The lowest BCUT2D eigenvalue weighted by atomic mass is 10.1. The first-order valence-corrected chi connectivity index (χ1v) is 9.77. The Bertz CT molecular complexity index is 728. The number of hydrogen-bond acceptors (Lipinski definition) is 6. The summed E-state index contributed by atoms with van der Waals surface area (Å²) < 4.78 is 1.53. The van der Waals surface area contributed by atoms with Crippen LogP contribution in [0.4, 0.5) is 0 Å². The highest BCUT2D eigenvalue weighted by Gasteiger charge is 2.14. The van der Waals surface area contributed by atoms with Crippen molar-refractivity contribution in [3.8, 4) is 0 Å². The van der Waals surface area contributed by atoms with Gasteiger partial charge < -0.3 is 10.6 Å². The first-order chi connectivity index (χ1) is 11.2. The Hall–Kier alpha value is -1.09. The number of carbonyl (C=O) groups excluding carboxylic acids is 1. The second kappa shape index (κ2) is 9.41. The van der Waals surface area contributed by atoms with Gasteiger partial charge in [0.2, 0.25) is 5.91 Å². The van der Waals surface area contributed by atoms with Gasteiger partial charge in [0.05, 0.1) is 11.4 Å². The van der Waals surface area contributed by atoms with Gasteiger partial charge in [-0.25, -0.2) is 4.98 Å². The van der Waals surface area contributed by atoms with Crippen molar-refractivity contribution in [1.29, 1.82) is 0 Å². The number of carbonyl (C=O) groups is 1. The van der Waals surface area contributed by atoms with Crippen LogP contribution in [-0.4, -0.2) is 40.7 Å². The minimum atomic E-state index is -0.0681. The van der Waals surface area contributed by atoms with Gasteiger partial charge >= 0.3 is 0 Å². The van der Waals surface area contributed by atoms with Crippen LogP contribution >= 0.6 is 35.5 Å². The third-order valence-corrected chi connectivity index (χ3v) is 5.60. The Morgan fingerprint density at radius 3 is 3.21 bits per heavy atom. The Balaban J connectivity index is 0.00000208. The second-order valence-corrected chi connectivity index (χ2v) is 7.49. The van der Waals surface area contributed by atoms with E-state index in [4.69, 9.17) is 0 Å². The highest BCUT2D eigenvalue weighted by atomic mass is 35.5. The molecule has 24 heavy (non-hydrogen) atoms. The molecule has 0 aromatic carbocycles. The Labute approximate surface area is 154 Å². The largest absolute Gasteiger partial charge is 0.355 e. The summed E-state index contributed by atoms with van der Waals surface area (Å²) in [5.41, 5.74) is 0.661. The maximum Gasteiger partial charge on any atom is 0.258 e. The quantitative estimate of drug-likeness (QED) is 0.752. The molecule has 132 valence electrons. The minimum absolute atomic E-state index is 0. The highest BCUT2D eigenvalue weighted by Crippen LogP contribution is 2.13. The fourth-order valence-corrected chi connectivity index (χ4v) is 4.12. The van der Waals surface area contributed by atoms with Crippen LogP contribution in [-0.2, 0) is 10.5 Å². The van der Waals surface area contributed by atoms with Gasteiger partial charge in [0.15, 0.2) is 4.96 Å². The van der Waals surface area contributed by atoms with Crippen molar-refractivity contribution in [1.82, 2.24) is 20.0 Å². The minimum Gasteiger partial charge on any atom is -0.355 e. The maximum absolute atomic E-state index is 11.9. The number of nitrogens with zero attached hydrogens (tertiary/aromatic N) is 2. The summed E-state index contributed by atoms with van der Waals surface area (Å²) in [6, 6.07) is 1.54. The molecule has 2 aromatic heterocycles. The van der Waals surface area contributed by atoms with E-state index in [2.05, 4.69) is 15.6 Å². The number of hydrogen-bond donors (Lipinski definition) is 2. The van der Waals surface area contributed by atoms with Crippen LogP contribution in [0, 0.1) is 5.92 Å². The smallest absolute Gasteiger partial charge is 0.258 e. The van der Waals surface area contributed by atoms with Crippen LogP contribution < -0.4 is 16.2 Å². The van der Waals surface area contributed by atoms with E-state index in [1.807, 2.05) is 5.38 Å². The van der Waals surface area contributed by atoms with Gasteiger partial charge in [0.25, 0.3) is 5.56 Å². The predicted octanol–water partition coefficient (Wildman–Crippen LogP) is 1.53. The zero-order chi connectivity index (χ0) is 16.1. The molecular formula is C15H21ClN4O2S2. The summed E-state index contributed by atoms with van der Waals surface area (Å²) in [5.74, 6) is 1.71. The molecule has 2 aromatic rings. The first-order valence-electron chi connectivity index (χ1n) is 7.73. The van der Waals surface area contributed by atoms with Crippen molar-refractivity contribution in [3.05, 3.63) is 33.7 Å². The maximum atomic E-state index is 11.9. The summed E-state index contributed by atoms with van der Waals surface area (Å²) in [6.45, 7) is 2.90. The van der Waals surface area contributed by atoms with Crippen molar-refractivity contribution in [3.63, 3.8) is 0 Å². The zero-order valence-corrected chi connectivity index (χ0v) is 15.6.